The summed E-state index contributed by atoms with van der Waals surface area (Å²) >= 11 is 0.312. The molecule has 0 saturated heterocycles. The van der Waals surface area contributed by atoms with Gasteiger partial charge in [0.1, 0.15) is 11.6 Å². The molecule has 0 unspecified atom stereocenters. The third kappa shape index (κ3) is 24.6. The molecular weight excluding hydrogens is 186 g/mol. The summed E-state index contributed by atoms with van der Waals surface area (Å²) in [5.74, 6) is -0.125. The van der Waals surface area contributed by atoms with Crippen LogP contribution in [0.3, 0.4) is 0 Å². The van der Waals surface area contributed by atoms with Gasteiger partial charge in [0, 0.05) is 0 Å². The molecule has 0 atom stereocenters. The fourth-order valence-corrected chi connectivity index (χ4v) is 0.351. The molecule has 57 valence electrons. The molecule has 3 heteroatoms. The molecule has 0 amide bonds. The van der Waals surface area contributed by atoms with E-state index in [9.17, 15) is 9.59 Å². The first kappa shape index (κ1) is 12.6. The Balaban J connectivity index is 0. The van der Waals surface area contributed by atoms with E-state index in [1.165, 1.54) is 13.8 Å². The van der Waals surface area contributed by atoms with Gasteiger partial charge in [-0.2, -0.15) is 0 Å². The summed E-state index contributed by atoms with van der Waals surface area (Å²) in [5, 5.41) is 0. The molecule has 0 rings (SSSR count). The van der Waals surface area contributed by atoms with E-state index in [4.69, 9.17) is 0 Å². The first-order valence-electron chi connectivity index (χ1n) is 3.27. The molecule has 0 aromatic carbocycles. The van der Waals surface area contributed by atoms with Crippen molar-refractivity contribution < 1.29 is 9.59 Å². The molecular formula is C7H14GaO2. The molecule has 0 N–H and O–H groups in total. The van der Waals surface area contributed by atoms with E-state index in [0.717, 1.165) is 0 Å². The summed E-state index contributed by atoms with van der Waals surface area (Å²) in [6.07, 6.45) is 0.0833. The van der Waals surface area contributed by atoms with Crippen molar-refractivity contribution in [1.82, 2.24) is 0 Å². The standard InChI is InChI=1S/C5H8O2.2CH3.Ga/c1-4(6)3-5(2)7;;;/h3H2,1-2H3;2*1H3;. The summed E-state index contributed by atoms with van der Waals surface area (Å²) in [6, 6.07) is 0. The van der Waals surface area contributed by atoms with Gasteiger partial charge in [0.2, 0.25) is 0 Å². The predicted molar refractivity (Wildman–Crippen MR) is 43.5 cm³/mol. The van der Waals surface area contributed by atoms with Crippen molar-refractivity contribution >= 4 is 29.0 Å². The van der Waals surface area contributed by atoms with E-state index in [-0.39, 0.29) is 18.0 Å². The van der Waals surface area contributed by atoms with Gasteiger partial charge in [-0.15, -0.1) is 0 Å². The fraction of sp³-hybridized carbons (Fsp3) is 0.714. The Morgan fingerprint density at radius 2 is 1.30 bits per heavy atom. The zero-order chi connectivity index (χ0) is 8.57. The maximum atomic E-state index is 10.0. The number of Topliss-reactive ketones (excluding diaryl/α,β-unsaturated/α-hetero) is 2. The van der Waals surface area contributed by atoms with Crippen LogP contribution in [-0.4, -0.2) is 29.0 Å². The first-order valence-corrected chi connectivity index (χ1v) is 8.12. The van der Waals surface area contributed by atoms with Gasteiger partial charge in [-0.25, -0.2) is 0 Å². The van der Waals surface area contributed by atoms with Crippen LogP contribution in [-0.2, 0) is 9.59 Å². The molecule has 0 spiro atoms. The van der Waals surface area contributed by atoms with Gasteiger partial charge in [0.15, 0.2) is 0 Å². The summed E-state index contributed by atoms with van der Waals surface area (Å²) in [7, 11) is 0. The van der Waals surface area contributed by atoms with Crippen LogP contribution in [0.5, 0.6) is 0 Å². The second-order valence-electron chi connectivity index (χ2n) is 2.16. The van der Waals surface area contributed by atoms with Crippen molar-refractivity contribution in [3.05, 3.63) is 0 Å². The van der Waals surface area contributed by atoms with Gasteiger partial charge < -0.3 is 0 Å². The Bertz CT molecular complexity index is 98.2. The van der Waals surface area contributed by atoms with Gasteiger partial charge >= 0.3 is 28.4 Å². The Morgan fingerprint density at radius 3 is 1.30 bits per heavy atom. The van der Waals surface area contributed by atoms with E-state index in [2.05, 4.69) is 11.0 Å². The average molecular weight is 200 g/mol. The normalized spacial score (nSPS) is 7.20. The van der Waals surface area contributed by atoms with Crippen LogP contribution in [0.15, 0.2) is 0 Å². The topological polar surface area (TPSA) is 34.1 Å². The fourth-order valence-electron chi connectivity index (χ4n) is 0.351. The van der Waals surface area contributed by atoms with Gasteiger partial charge in [-0.05, 0) is 13.8 Å². The molecule has 0 bridgehead atoms. The summed E-state index contributed by atoms with van der Waals surface area (Å²) in [4.78, 5) is 20.1. The first-order chi connectivity index (χ1) is 4.54. The van der Waals surface area contributed by atoms with E-state index in [0.29, 0.717) is 17.4 Å². The quantitative estimate of drug-likeness (QED) is 0.497. The van der Waals surface area contributed by atoms with Crippen LogP contribution < -0.4 is 0 Å². The number of ketones is 2. The minimum atomic E-state index is -0.0625. The number of rotatable bonds is 2. The van der Waals surface area contributed by atoms with E-state index >= 15 is 0 Å². The summed E-state index contributed by atoms with van der Waals surface area (Å²) in [6.45, 7) is 2.81. The van der Waals surface area contributed by atoms with Crippen LogP contribution >= 0.6 is 0 Å². The SMILES string of the molecule is CC(=O)CC(C)=O.[CH3][Ga][CH3]. The Morgan fingerprint density at radius 1 is 1.10 bits per heavy atom. The van der Waals surface area contributed by atoms with Crippen LogP contribution in [0.25, 0.3) is 0 Å². The molecule has 0 aliphatic rings. The van der Waals surface area contributed by atoms with Gasteiger partial charge in [0.25, 0.3) is 0 Å². The van der Waals surface area contributed by atoms with Crippen molar-refractivity contribution in [2.45, 2.75) is 31.2 Å². The van der Waals surface area contributed by atoms with Gasteiger partial charge in [0.05, 0.1) is 6.42 Å². The van der Waals surface area contributed by atoms with Crippen molar-refractivity contribution in [1.29, 1.82) is 0 Å². The van der Waals surface area contributed by atoms with Crippen molar-refractivity contribution in [2.24, 2.45) is 0 Å². The molecule has 0 fully saturated rings. The molecule has 0 aromatic heterocycles. The Kier molecular flexibility index (Phi) is 11.3. The minimum absolute atomic E-state index is 0.0625. The van der Waals surface area contributed by atoms with Gasteiger partial charge in [-0.1, -0.05) is 0 Å². The van der Waals surface area contributed by atoms with E-state index < -0.39 is 0 Å². The van der Waals surface area contributed by atoms with Crippen molar-refractivity contribution in [3.8, 4) is 0 Å². The number of hydrogen-bond acceptors (Lipinski definition) is 2. The molecule has 0 heterocycles. The van der Waals surface area contributed by atoms with Crippen molar-refractivity contribution in [3.63, 3.8) is 0 Å². The Labute approximate surface area is 70.2 Å². The number of carbonyl (C=O) groups excluding carboxylic acids is 2. The van der Waals surface area contributed by atoms with Gasteiger partial charge in [-0.3, -0.25) is 9.59 Å². The van der Waals surface area contributed by atoms with Crippen LogP contribution in [0.2, 0.25) is 11.0 Å². The van der Waals surface area contributed by atoms with E-state index in [1.807, 2.05) is 0 Å². The monoisotopic (exact) mass is 199 g/mol. The molecule has 0 aliphatic carbocycles. The van der Waals surface area contributed by atoms with Crippen LogP contribution in [0.4, 0.5) is 0 Å². The van der Waals surface area contributed by atoms with Crippen LogP contribution in [0.1, 0.15) is 20.3 Å². The molecule has 1 radical (unpaired) electrons. The maximum absolute atomic E-state index is 10.0. The number of carbonyl (C=O) groups is 2. The number of hydrogen-bond donors (Lipinski definition) is 0. The molecule has 10 heavy (non-hydrogen) atoms. The zero-order valence-corrected chi connectivity index (χ0v) is 9.52. The van der Waals surface area contributed by atoms with Crippen molar-refractivity contribution in [2.75, 3.05) is 0 Å². The average Bonchev–Trinajstić information content (AvgIpc) is 1.62. The zero-order valence-electron chi connectivity index (χ0n) is 7.10. The van der Waals surface area contributed by atoms with E-state index in [1.54, 1.807) is 0 Å². The molecule has 0 aromatic rings. The second kappa shape index (κ2) is 8.98. The third-order valence-corrected chi connectivity index (χ3v) is 0.498. The third-order valence-electron chi connectivity index (χ3n) is 0.498. The predicted octanol–water partition coefficient (Wildman–Crippen LogP) is 1.34. The molecule has 0 saturated carbocycles. The Hall–Kier alpha value is -0.0236. The second-order valence-corrected chi connectivity index (χ2v) is 4.58. The van der Waals surface area contributed by atoms with Crippen LogP contribution in [0, 0.1) is 0 Å². The molecule has 2 nitrogen and oxygen atoms in total. The summed E-state index contributed by atoms with van der Waals surface area (Å²) < 4.78 is 0. The molecule has 0 aliphatic heterocycles. The summed E-state index contributed by atoms with van der Waals surface area (Å²) in [5.41, 5.74) is 4.56.